The van der Waals surface area contributed by atoms with E-state index in [9.17, 15) is 5.11 Å². The second kappa shape index (κ2) is 3.61. The van der Waals surface area contributed by atoms with Gasteiger partial charge in [-0.15, -0.1) is 0 Å². The minimum Gasteiger partial charge on any atom is -0.386 e. The molecule has 70 valence electrons. The maximum absolute atomic E-state index is 9.86. The van der Waals surface area contributed by atoms with Crippen LogP contribution in [0.2, 0.25) is 0 Å². The SMILES string of the molecule is C=C(C)C1(O)CC(CCCC)C1. The Balaban J connectivity index is 2.22. The van der Waals surface area contributed by atoms with Crippen molar-refractivity contribution in [1.82, 2.24) is 0 Å². The predicted molar refractivity (Wildman–Crippen MR) is 52.0 cm³/mol. The lowest BCUT2D eigenvalue weighted by Gasteiger charge is -2.44. The van der Waals surface area contributed by atoms with Crippen LogP contribution in [0, 0.1) is 5.92 Å². The molecule has 0 atom stereocenters. The van der Waals surface area contributed by atoms with Crippen LogP contribution in [0.4, 0.5) is 0 Å². The Morgan fingerprint density at radius 2 is 2.17 bits per heavy atom. The van der Waals surface area contributed by atoms with Crippen LogP contribution in [0.3, 0.4) is 0 Å². The summed E-state index contributed by atoms with van der Waals surface area (Å²) in [5.74, 6) is 0.756. The zero-order valence-electron chi connectivity index (χ0n) is 8.27. The molecule has 0 aromatic heterocycles. The Kier molecular flexibility index (Phi) is 2.94. The molecule has 0 aliphatic heterocycles. The van der Waals surface area contributed by atoms with Crippen LogP contribution in [-0.2, 0) is 0 Å². The average Bonchev–Trinajstić information content (AvgIpc) is 1.95. The Bertz CT molecular complexity index is 166. The fraction of sp³-hybridized carbons (Fsp3) is 0.818. The number of rotatable bonds is 4. The normalized spacial score (nSPS) is 34.4. The minimum atomic E-state index is -0.502. The van der Waals surface area contributed by atoms with Crippen LogP contribution in [0.25, 0.3) is 0 Å². The molecule has 1 heteroatoms. The Hall–Kier alpha value is -0.300. The Morgan fingerprint density at radius 1 is 1.58 bits per heavy atom. The molecule has 0 radical (unpaired) electrons. The number of aliphatic hydroxyl groups is 1. The maximum Gasteiger partial charge on any atom is 0.0856 e. The highest BCUT2D eigenvalue weighted by Crippen LogP contribution is 2.44. The van der Waals surface area contributed by atoms with E-state index in [1.165, 1.54) is 19.3 Å². The fourth-order valence-electron chi connectivity index (χ4n) is 1.94. The van der Waals surface area contributed by atoms with E-state index in [-0.39, 0.29) is 0 Å². The molecule has 0 aromatic carbocycles. The molecule has 0 heterocycles. The minimum absolute atomic E-state index is 0.502. The van der Waals surface area contributed by atoms with Crippen molar-refractivity contribution in [3.63, 3.8) is 0 Å². The second-order valence-corrected chi connectivity index (χ2v) is 4.23. The van der Waals surface area contributed by atoms with Crippen LogP contribution < -0.4 is 0 Å². The van der Waals surface area contributed by atoms with Gasteiger partial charge in [0.25, 0.3) is 0 Å². The molecule has 1 nitrogen and oxygen atoms in total. The summed E-state index contributed by atoms with van der Waals surface area (Å²) in [4.78, 5) is 0. The highest BCUT2D eigenvalue weighted by Gasteiger charge is 2.42. The van der Waals surface area contributed by atoms with Gasteiger partial charge in [-0.2, -0.15) is 0 Å². The van der Waals surface area contributed by atoms with Crippen molar-refractivity contribution in [2.45, 2.75) is 51.6 Å². The van der Waals surface area contributed by atoms with Crippen LogP contribution >= 0.6 is 0 Å². The van der Waals surface area contributed by atoms with Crippen LogP contribution in [0.5, 0.6) is 0 Å². The fourth-order valence-corrected chi connectivity index (χ4v) is 1.94. The van der Waals surface area contributed by atoms with Crippen molar-refractivity contribution in [2.75, 3.05) is 0 Å². The lowest BCUT2D eigenvalue weighted by atomic mass is 9.66. The summed E-state index contributed by atoms with van der Waals surface area (Å²) < 4.78 is 0. The molecule has 1 aliphatic carbocycles. The lowest BCUT2D eigenvalue weighted by molar-refractivity contribution is -0.0436. The zero-order chi connectivity index (χ0) is 9.19. The summed E-state index contributed by atoms with van der Waals surface area (Å²) in [7, 11) is 0. The summed E-state index contributed by atoms with van der Waals surface area (Å²) in [5.41, 5.74) is 0.438. The molecule has 0 bridgehead atoms. The van der Waals surface area contributed by atoms with Crippen molar-refractivity contribution < 1.29 is 5.11 Å². The monoisotopic (exact) mass is 168 g/mol. The molecule has 0 spiro atoms. The van der Waals surface area contributed by atoms with E-state index >= 15 is 0 Å². The van der Waals surface area contributed by atoms with Gasteiger partial charge >= 0.3 is 0 Å². The van der Waals surface area contributed by atoms with Gasteiger partial charge in [0.2, 0.25) is 0 Å². The number of hydrogen-bond acceptors (Lipinski definition) is 1. The van der Waals surface area contributed by atoms with Gasteiger partial charge in [-0.05, 0) is 31.3 Å². The van der Waals surface area contributed by atoms with Gasteiger partial charge in [0.15, 0.2) is 0 Å². The Labute approximate surface area is 75.5 Å². The summed E-state index contributed by atoms with van der Waals surface area (Å²) in [6.45, 7) is 7.95. The van der Waals surface area contributed by atoms with E-state index in [2.05, 4.69) is 13.5 Å². The first kappa shape index (κ1) is 9.79. The summed E-state index contributed by atoms with van der Waals surface area (Å²) in [6.07, 6.45) is 5.75. The molecule has 0 aromatic rings. The lowest BCUT2D eigenvalue weighted by Crippen LogP contribution is -2.44. The van der Waals surface area contributed by atoms with Gasteiger partial charge in [-0.3, -0.25) is 0 Å². The first-order valence-electron chi connectivity index (χ1n) is 4.97. The maximum atomic E-state index is 9.86. The molecule has 1 fully saturated rings. The smallest absolute Gasteiger partial charge is 0.0856 e. The molecule has 0 saturated heterocycles. The molecular formula is C11H20O. The molecule has 1 saturated carbocycles. The molecule has 0 unspecified atom stereocenters. The summed E-state index contributed by atoms with van der Waals surface area (Å²) in [6, 6.07) is 0. The zero-order valence-corrected chi connectivity index (χ0v) is 8.27. The first-order chi connectivity index (χ1) is 5.58. The van der Waals surface area contributed by atoms with Crippen molar-refractivity contribution in [3.8, 4) is 0 Å². The molecule has 1 N–H and O–H groups in total. The van der Waals surface area contributed by atoms with E-state index in [0.29, 0.717) is 0 Å². The van der Waals surface area contributed by atoms with E-state index in [4.69, 9.17) is 0 Å². The van der Waals surface area contributed by atoms with Crippen LogP contribution in [-0.4, -0.2) is 10.7 Å². The molecule has 1 rings (SSSR count). The van der Waals surface area contributed by atoms with Gasteiger partial charge in [0.1, 0.15) is 0 Å². The number of unbranched alkanes of at least 4 members (excludes halogenated alkanes) is 1. The second-order valence-electron chi connectivity index (χ2n) is 4.23. The third-order valence-corrected chi connectivity index (χ3v) is 3.01. The van der Waals surface area contributed by atoms with Crippen molar-refractivity contribution >= 4 is 0 Å². The molecule has 12 heavy (non-hydrogen) atoms. The standard InChI is InChI=1S/C11H20O/c1-4-5-6-10-7-11(12,8-10)9(2)3/h10,12H,2,4-8H2,1,3H3. The van der Waals surface area contributed by atoms with Crippen molar-refractivity contribution in [2.24, 2.45) is 5.92 Å². The van der Waals surface area contributed by atoms with E-state index in [0.717, 1.165) is 24.3 Å². The summed E-state index contributed by atoms with van der Waals surface area (Å²) in [5, 5.41) is 9.86. The number of hydrogen-bond donors (Lipinski definition) is 1. The molecule has 1 aliphatic rings. The van der Waals surface area contributed by atoms with Gasteiger partial charge in [0.05, 0.1) is 5.60 Å². The average molecular weight is 168 g/mol. The van der Waals surface area contributed by atoms with E-state index in [1.807, 2.05) is 6.92 Å². The van der Waals surface area contributed by atoms with Crippen LogP contribution in [0.15, 0.2) is 12.2 Å². The van der Waals surface area contributed by atoms with Crippen molar-refractivity contribution in [3.05, 3.63) is 12.2 Å². The highest BCUT2D eigenvalue weighted by molar-refractivity contribution is 5.15. The van der Waals surface area contributed by atoms with Crippen molar-refractivity contribution in [1.29, 1.82) is 0 Å². The largest absolute Gasteiger partial charge is 0.386 e. The van der Waals surface area contributed by atoms with Gasteiger partial charge in [-0.25, -0.2) is 0 Å². The molecular weight excluding hydrogens is 148 g/mol. The first-order valence-corrected chi connectivity index (χ1v) is 4.97. The predicted octanol–water partition coefficient (Wildman–Crippen LogP) is 2.89. The van der Waals surface area contributed by atoms with Gasteiger partial charge in [0, 0.05) is 0 Å². The highest BCUT2D eigenvalue weighted by atomic mass is 16.3. The summed E-state index contributed by atoms with van der Waals surface area (Å²) >= 11 is 0. The topological polar surface area (TPSA) is 20.2 Å². The van der Waals surface area contributed by atoms with E-state index in [1.54, 1.807) is 0 Å². The molecule has 0 amide bonds. The quantitative estimate of drug-likeness (QED) is 0.640. The van der Waals surface area contributed by atoms with E-state index < -0.39 is 5.60 Å². The van der Waals surface area contributed by atoms with Crippen LogP contribution in [0.1, 0.15) is 46.0 Å². The van der Waals surface area contributed by atoms with Gasteiger partial charge in [-0.1, -0.05) is 32.8 Å². The Morgan fingerprint density at radius 3 is 2.58 bits per heavy atom. The third-order valence-electron chi connectivity index (χ3n) is 3.01. The van der Waals surface area contributed by atoms with Gasteiger partial charge < -0.3 is 5.11 Å². The third kappa shape index (κ3) is 1.89.